The van der Waals surface area contributed by atoms with Crippen molar-refractivity contribution in [2.45, 2.75) is 17.0 Å². The van der Waals surface area contributed by atoms with Gasteiger partial charge in [0.05, 0.1) is 10.2 Å². The average molecular weight is 271 g/mol. The second kappa shape index (κ2) is 5.12. The van der Waals surface area contributed by atoms with Crippen molar-refractivity contribution >= 4 is 33.3 Å². The number of hydrogen-bond acceptors (Lipinski definition) is 3. The lowest BCUT2D eigenvalue weighted by Gasteiger charge is -1.97. The molecule has 0 spiro atoms. The Morgan fingerprint density at radius 2 is 1.94 bits per heavy atom. The molecule has 2 aromatic carbocycles. The minimum absolute atomic E-state index is 0.986. The standard InChI is InChI=1S/C15H13NS2/c1-11-7-8-13-14(9-11)18-15(16-13)17-10-12-5-3-2-4-6-12/h2-9H,10H2,1H3. The molecule has 0 amide bonds. The van der Waals surface area contributed by atoms with Gasteiger partial charge in [0.25, 0.3) is 0 Å². The van der Waals surface area contributed by atoms with Gasteiger partial charge in [0.15, 0.2) is 4.34 Å². The van der Waals surface area contributed by atoms with E-state index < -0.39 is 0 Å². The predicted octanol–water partition coefficient (Wildman–Crippen LogP) is 4.90. The molecule has 0 N–H and O–H groups in total. The van der Waals surface area contributed by atoms with Crippen LogP contribution >= 0.6 is 23.1 Å². The summed E-state index contributed by atoms with van der Waals surface area (Å²) in [5.74, 6) is 0.986. The fourth-order valence-corrected chi connectivity index (χ4v) is 3.91. The van der Waals surface area contributed by atoms with E-state index in [9.17, 15) is 0 Å². The molecule has 0 unspecified atom stereocenters. The van der Waals surface area contributed by atoms with Gasteiger partial charge in [-0.05, 0) is 30.2 Å². The molecule has 0 aliphatic heterocycles. The molecule has 3 heteroatoms. The van der Waals surface area contributed by atoms with Crippen LogP contribution < -0.4 is 0 Å². The molecule has 1 heterocycles. The number of thioether (sulfide) groups is 1. The molecule has 0 bridgehead atoms. The molecule has 3 aromatic rings. The summed E-state index contributed by atoms with van der Waals surface area (Å²) in [6.07, 6.45) is 0. The first-order chi connectivity index (χ1) is 8.81. The lowest BCUT2D eigenvalue weighted by molar-refractivity contribution is 1.29. The number of benzene rings is 2. The number of thiazole rings is 1. The second-order valence-corrected chi connectivity index (χ2v) is 6.48. The number of hydrogen-bond donors (Lipinski definition) is 0. The van der Waals surface area contributed by atoms with Crippen LogP contribution in [-0.2, 0) is 5.75 Å². The van der Waals surface area contributed by atoms with E-state index in [4.69, 9.17) is 0 Å². The summed E-state index contributed by atoms with van der Waals surface area (Å²) in [5.41, 5.74) is 3.75. The minimum atomic E-state index is 0.986. The molecule has 0 aliphatic carbocycles. The SMILES string of the molecule is Cc1ccc2nc(SCc3ccccc3)sc2c1. The average Bonchev–Trinajstić information content (AvgIpc) is 2.79. The molecule has 1 nitrogen and oxygen atoms in total. The first kappa shape index (κ1) is 11.8. The van der Waals surface area contributed by atoms with Crippen molar-refractivity contribution in [1.29, 1.82) is 0 Å². The highest BCUT2D eigenvalue weighted by Gasteiger charge is 2.04. The zero-order valence-electron chi connectivity index (χ0n) is 10.1. The van der Waals surface area contributed by atoms with E-state index in [1.54, 1.807) is 11.3 Å². The van der Waals surface area contributed by atoms with E-state index in [-0.39, 0.29) is 0 Å². The Balaban J connectivity index is 1.79. The van der Waals surface area contributed by atoms with Gasteiger partial charge in [-0.3, -0.25) is 0 Å². The van der Waals surface area contributed by atoms with E-state index in [2.05, 4.69) is 60.4 Å². The molecule has 0 atom stereocenters. The number of fused-ring (bicyclic) bond motifs is 1. The van der Waals surface area contributed by atoms with Gasteiger partial charge in [0, 0.05) is 5.75 Å². The molecule has 0 aliphatic rings. The molecular formula is C15H13NS2. The quantitative estimate of drug-likeness (QED) is 0.629. The maximum absolute atomic E-state index is 4.65. The number of rotatable bonds is 3. The van der Waals surface area contributed by atoms with E-state index in [0.29, 0.717) is 0 Å². The van der Waals surface area contributed by atoms with E-state index in [0.717, 1.165) is 15.6 Å². The van der Waals surface area contributed by atoms with Gasteiger partial charge in [0.1, 0.15) is 0 Å². The van der Waals surface area contributed by atoms with Crippen molar-refractivity contribution in [3.8, 4) is 0 Å². The molecule has 0 radical (unpaired) electrons. The molecule has 1 aromatic heterocycles. The summed E-state index contributed by atoms with van der Waals surface area (Å²) < 4.78 is 2.44. The highest BCUT2D eigenvalue weighted by Crippen LogP contribution is 2.31. The monoisotopic (exact) mass is 271 g/mol. The van der Waals surface area contributed by atoms with Crippen molar-refractivity contribution in [3.63, 3.8) is 0 Å². The maximum Gasteiger partial charge on any atom is 0.151 e. The van der Waals surface area contributed by atoms with Crippen molar-refractivity contribution in [2.75, 3.05) is 0 Å². The van der Waals surface area contributed by atoms with Gasteiger partial charge < -0.3 is 0 Å². The fraction of sp³-hybridized carbons (Fsp3) is 0.133. The number of nitrogens with zero attached hydrogens (tertiary/aromatic N) is 1. The Bertz CT molecular complexity index is 659. The molecule has 0 fully saturated rings. The van der Waals surface area contributed by atoms with Crippen LogP contribution in [0.5, 0.6) is 0 Å². The van der Waals surface area contributed by atoms with Gasteiger partial charge >= 0.3 is 0 Å². The highest BCUT2D eigenvalue weighted by molar-refractivity contribution is 8.00. The zero-order valence-corrected chi connectivity index (χ0v) is 11.7. The Morgan fingerprint density at radius 3 is 2.78 bits per heavy atom. The largest absolute Gasteiger partial charge is 0.230 e. The lowest BCUT2D eigenvalue weighted by atomic mass is 10.2. The van der Waals surface area contributed by atoms with Gasteiger partial charge in [0.2, 0.25) is 0 Å². The molecule has 18 heavy (non-hydrogen) atoms. The molecule has 90 valence electrons. The van der Waals surface area contributed by atoms with Crippen LogP contribution in [0.25, 0.3) is 10.2 Å². The normalized spacial score (nSPS) is 10.9. The molecule has 0 saturated heterocycles. The van der Waals surface area contributed by atoms with Crippen molar-refractivity contribution in [1.82, 2.24) is 4.98 Å². The second-order valence-electron chi connectivity index (χ2n) is 4.23. The molecule has 3 rings (SSSR count). The fourth-order valence-electron chi connectivity index (χ4n) is 1.79. The topological polar surface area (TPSA) is 12.9 Å². The summed E-state index contributed by atoms with van der Waals surface area (Å²) in [6, 6.07) is 17.0. The van der Waals surface area contributed by atoms with Crippen LogP contribution in [0.1, 0.15) is 11.1 Å². The first-order valence-corrected chi connectivity index (χ1v) is 7.65. The summed E-state index contributed by atoms with van der Waals surface area (Å²) in [6.45, 7) is 2.12. The van der Waals surface area contributed by atoms with Gasteiger partial charge in [-0.25, -0.2) is 4.98 Å². The summed E-state index contributed by atoms with van der Waals surface area (Å²) in [5, 5.41) is 0. The highest BCUT2D eigenvalue weighted by atomic mass is 32.2. The summed E-state index contributed by atoms with van der Waals surface area (Å²) in [7, 11) is 0. The lowest BCUT2D eigenvalue weighted by Crippen LogP contribution is -1.78. The Labute approximate surface area is 115 Å². The molecular weight excluding hydrogens is 258 g/mol. The summed E-state index contributed by atoms with van der Waals surface area (Å²) >= 11 is 3.60. The Hall–Kier alpha value is -1.32. The third-order valence-corrected chi connectivity index (χ3v) is 4.96. The van der Waals surface area contributed by atoms with Crippen molar-refractivity contribution in [2.24, 2.45) is 0 Å². The van der Waals surface area contributed by atoms with E-state index in [1.807, 2.05) is 11.8 Å². The summed E-state index contributed by atoms with van der Waals surface area (Å²) in [4.78, 5) is 4.65. The van der Waals surface area contributed by atoms with Crippen LogP contribution in [-0.4, -0.2) is 4.98 Å². The molecule has 0 saturated carbocycles. The maximum atomic E-state index is 4.65. The van der Waals surface area contributed by atoms with Crippen LogP contribution in [0.15, 0.2) is 52.9 Å². The van der Waals surface area contributed by atoms with Gasteiger partial charge in [-0.1, -0.05) is 48.2 Å². The minimum Gasteiger partial charge on any atom is -0.230 e. The Kier molecular flexibility index (Phi) is 3.35. The van der Waals surface area contributed by atoms with Crippen LogP contribution in [0, 0.1) is 6.92 Å². The predicted molar refractivity (Wildman–Crippen MR) is 80.4 cm³/mol. The first-order valence-electron chi connectivity index (χ1n) is 5.85. The number of aromatic nitrogens is 1. The van der Waals surface area contributed by atoms with Crippen molar-refractivity contribution < 1.29 is 0 Å². The Morgan fingerprint density at radius 1 is 1.11 bits per heavy atom. The smallest absolute Gasteiger partial charge is 0.151 e. The van der Waals surface area contributed by atoms with Gasteiger partial charge in [-0.2, -0.15) is 0 Å². The van der Waals surface area contributed by atoms with Crippen LogP contribution in [0.2, 0.25) is 0 Å². The number of aryl methyl sites for hydroxylation is 1. The zero-order chi connectivity index (χ0) is 12.4. The van der Waals surface area contributed by atoms with E-state index in [1.165, 1.54) is 15.8 Å². The third kappa shape index (κ3) is 2.57. The van der Waals surface area contributed by atoms with Crippen molar-refractivity contribution in [3.05, 3.63) is 59.7 Å². The van der Waals surface area contributed by atoms with Crippen LogP contribution in [0.3, 0.4) is 0 Å². The van der Waals surface area contributed by atoms with E-state index >= 15 is 0 Å². The van der Waals surface area contributed by atoms with Gasteiger partial charge in [-0.15, -0.1) is 11.3 Å². The van der Waals surface area contributed by atoms with Crippen LogP contribution in [0.4, 0.5) is 0 Å². The third-order valence-electron chi connectivity index (χ3n) is 2.73.